The Kier molecular flexibility index (Phi) is 2.75. The van der Waals surface area contributed by atoms with E-state index in [1.165, 1.54) is 0 Å². The molecule has 0 spiro atoms. The van der Waals surface area contributed by atoms with E-state index in [1.807, 2.05) is 0 Å². The van der Waals surface area contributed by atoms with E-state index in [2.05, 4.69) is 9.98 Å². The molecule has 0 bridgehead atoms. The smallest absolute Gasteiger partial charge is 0.314 e. The molecule has 6 nitrogen and oxygen atoms in total. The lowest BCUT2D eigenvalue weighted by Gasteiger charge is -2.15. The standard InChI is InChI=1S/C9H10N2O4/c12-8-1-3-10-6(14-8)5-7-11-4-2-9(13)15-7/h1-5H2. The molecule has 15 heavy (non-hydrogen) atoms. The van der Waals surface area contributed by atoms with Crippen LogP contribution in [0, 0.1) is 0 Å². The van der Waals surface area contributed by atoms with E-state index in [0.717, 1.165) is 0 Å². The number of hydrogen-bond donors (Lipinski definition) is 0. The number of rotatable bonds is 2. The highest BCUT2D eigenvalue weighted by atomic mass is 16.6. The monoisotopic (exact) mass is 210 g/mol. The summed E-state index contributed by atoms with van der Waals surface area (Å²) in [4.78, 5) is 29.9. The van der Waals surface area contributed by atoms with Crippen LogP contribution in [0.4, 0.5) is 0 Å². The molecule has 0 atom stereocenters. The second kappa shape index (κ2) is 4.20. The predicted molar refractivity (Wildman–Crippen MR) is 50.6 cm³/mol. The molecule has 2 aliphatic rings. The van der Waals surface area contributed by atoms with E-state index >= 15 is 0 Å². The zero-order chi connectivity index (χ0) is 10.7. The number of nitrogens with zero attached hydrogens (tertiary/aromatic N) is 2. The number of ether oxygens (including phenoxy) is 2. The van der Waals surface area contributed by atoms with Crippen molar-refractivity contribution in [1.29, 1.82) is 0 Å². The molecule has 0 fully saturated rings. The molecule has 0 aromatic carbocycles. The molecule has 0 saturated heterocycles. The SMILES string of the molecule is O=C1CCN=C(CC2=NCCC(=O)O2)O1. The van der Waals surface area contributed by atoms with Crippen LogP contribution in [0.15, 0.2) is 9.98 Å². The Balaban J connectivity index is 1.96. The Labute approximate surface area is 86.0 Å². The van der Waals surface area contributed by atoms with Gasteiger partial charge >= 0.3 is 11.9 Å². The molecule has 0 aromatic rings. The van der Waals surface area contributed by atoms with Gasteiger partial charge in [0.2, 0.25) is 11.8 Å². The van der Waals surface area contributed by atoms with Crippen LogP contribution in [0.25, 0.3) is 0 Å². The maximum Gasteiger partial charge on any atom is 0.314 e. The molecular formula is C9H10N2O4. The van der Waals surface area contributed by atoms with Crippen molar-refractivity contribution < 1.29 is 19.1 Å². The van der Waals surface area contributed by atoms with E-state index in [1.54, 1.807) is 0 Å². The van der Waals surface area contributed by atoms with Gasteiger partial charge < -0.3 is 9.47 Å². The summed E-state index contributed by atoms with van der Waals surface area (Å²) in [6, 6.07) is 0. The van der Waals surface area contributed by atoms with Gasteiger partial charge in [-0.2, -0.15) is 0 Å². The molecule has 2 aliphatic heterocycles. The first-order chi connectivity index (χ1) is 7.24. The molecule has 0 aliphatic carbocycles. The van der Waals surface area contributed by atoms with Gasteiger partial charge in [0.05, 0.1) is 25.9 Å². The molecule has 6 heteroatoms. The number of esters is 2. The lowest BCUT2D eigenvalue weighted by atomic mass is 10.3. The van der Waals surface area contributed by atoms with Crippen LogP contribution in [0.1, 0.15) is 19.3 Å². The van der Waals surface area contributed by atoms with Crippen molar-refractivity contribution in [2.24, 2.45) is 9.98 Å². The van der Waals surface area contributed by atoms with Gasteiger partial charge in [0.25, 0.3) is 0 Å². The second-order valence-corrected chi connectivity index (χ2v) is 3.18. The van der Waals surface area contributed by atoms with Gasteiger partial charge in [-0.25, -0.2) is 0 Å². The van der Waals surface area contributed by atoms with Gasteiger partial charge in [-0.05, 0) is 0 Å². The summed E-state index contributed by atoms with van der Waals surface area (Å²) in [5.41, 5.74) is 0. The van der Waals surface area contributed by atoms with Crippen LogP contribution in [0.3, 0.4) is 0 Å². The topological polar surface area (TPSA) is 77.3 Å². The summed E-state index contributed by atoms with van der Waals surface area (Å²) in [5, 5.41) is 0. The van der Waals surface area contributed by atoms with E-state index in [9.17, 15) is 9.59 Å². The predicted octanol–water partition coefficient (Wildman–Crippen LogP) is 0.0673. The van der Waals surface area contributed by atoms with Crippen LogP contribution in [-0.4, -0.2) is 36.8 Å². The molecule has 2 rings (SSSR count). The Morgan fingerprint density at radius 1 is 0.933 bits per heavy atom. The second-order valence-electron chi connectivity index (χ2n) is 3.18. The minimum absolute atomic E-state index is 0.178. The molecule has 0 saturated carbocycles. The van der Waals surface area contributed by atoms with Crippen LogP contribution >= 0.6 is 0 Å². The molecule has 0 aromatic heterocycles. The molecule has 0 amide bonds. The van der Waals surface area contributed by atoms with E-state index < -0.39 is 0 Å². The normalized spacial score (nSPS) is 21.3. The first kappa shape index (κ1) is 9.82. The summed E-state index contributed by atoms with van der Waals surface area (Å²) in [6.07, 6.45) is 0.781. The van der Waals surface area contributed by atoms with Crippen molar-refractivity contribution in [3.63, 3.8) is 0 Å². The van der Waals surface area contributed by atoms with Crippen LogP contribution < -0.4 is 0 Å². The van der Waals surface area contributed by atoms with Crippen molar-refractivity contribution in [3.8, 4) is 0 Å². The van der Waals surface area contributed by atoms with Gasteiger partial charge in [0.15, 0.2) is 0 Å². The lowest BCUT2D eigenvalue weighted by molar-refractivity contribution is -0.136. The van der Waals surface area contributed by atoms with E-state index in [4.69, 9.17) is 9.47 Å². The largest absolute Gasteiger partial charge is 0.411 e. The summed E-state index contributed by atoms with van der Waals surface area (Å²) >= 11 is 0. The highest BCUT2D eigenvalue weighted by Crippen LogP contribution is 2.07. The van der Waals surface area contributed by atoms with Crippen molar-refractivity contribution >= 4 is 23.7 Å². The fourth-order valence-electron chi connectivity index (χ4n) is 1.29. The fraction of sp³-hybridized carbons (Fsp3) is 0.556. The van der Waals surface area contributed by atoms with Gasteiger partial charge in [0, 0.05) is 0 Å². The zero-order valence-corrected chi connectivity index (χ0v) is 8.06. The molecule has 0 unspecified atom stereocenters. The Hall–Kier alpha value is -1.72. The fourth-order valence-corrected chi connectivity index (χ4v) is 1.29. The van der Waals surface area contributed by atoms with Gasteiger partial charge in [-0.1, -0.05) is 0 Å². The molecule has 80 valence electrons. The number of carbonyl (C=O) groups is 2. The number of cyclic esters (lactones) is 2. The van der Waals surface area contributed by atoms with E-state index in [0.29, 0.717) is 25.9 Å². The number of aliphatic imine (C=N–C) groups is 2. The highest BCUT2D eigenvalue weighted by Gasteiger charge is 2.20. The van der Waals surface area contributed by atoms with Crippen molar-refractivity contribution in [1.82, 2.24) is 0 Å². The average Bonchev–Trinajstić information content (AvgIpc) is 2.17. The minimum atomic E-state index is -0.303. The quantitative estimate of drug-likeness (QED) is 0.604. The van der Waals surface area contributed by atoms with Gasteiger partial charge in [-0.15, -0.1) is 0 Å². The first-order valence-electron chi connectivity index (χ1n) is 4.72. The van der Waals surface area contributed by atoms with Crippen molar-refractivity contribution in [2.45, 2.75) is 19.3 Å². The van der Waals surface area contributed by atoms with Crippen LogP contribution in [0.2, 0.25) is 0 Å². The minimum Gasteiger partial charge on any atom is -0.411 e. The third-order valence-corrected chi connectivity index (χ3v) is 1.97. The lowest BCUT2D eigenvalue weighted by Crippen LogP contribution is -2.26. The van der Waals surface area contributed by atoms with Crippen LogP contribution in [0.5, 0.6) is 0 Å². The van der Waals surface area contributed by atoms with Crippen molar-refractivity contribution in [3.05, 3.63) is 0 Å². The molecule has 2 heterocycles. The Morgan fingerprint density at radius 2 is 1.40 bits per heavy atom. The molecule has 0 N–H and O–H groups in total. The maximum atomic E-state index is 10.9. The van der Waals surface area contributed by atoms with Crippen molar-refractivity contribution in [2.75, 3.05) is 13.1 Å². The van der Waals surface area contributed by atoms with Crippen LogP contribution in [-0.2, 0) is 19.1 Å². The number of hydrogen-bond acceptors (Lipinski definition) is 6. The summed E-state index contributed by atoms with van der Waals surface area (Å²) in [7, 11) is 0. The molecular weight excluding hydrogens is 200 g/mol. The maximum absolute atomic E-state index is 10.9. The van der Waals surface area contributed by atoms with Gasteiger partial charge in [-0.3, -0.25) is 19.6 Å². The van der Waals surface area contributed by atoms with E-state index in [-0.39, 0.29) is 30.2 Å². The number of carbonyl (C=O) groups excluding carboxylic acids is 2. The average molecular weight is 210 g/mol. The Bertz CT molecular complexity index is 325. The first-order valence-corrected chi connectivity index (χ1v) is 4.72. The molecule has 0 radical (unpaired) electrons. The summed E-state index contributed by atoms with van der Waals surface area (Å²) in [6.45, 7) is 0.852. The summed E-state index contributed by atoms with van der Waals surface area (Å²) < 4.78 is 9.73. The summed E-state index contributed by atoms with van der Waals surface area (Å²) in [5.74, 6) is -0.0510. The zero-order valence-electron chi connectivity index (χ0n) is 8.06. The van der Waals surface area contributed by atoms with Gasteiger partial charge in [0.1, 0.15) is 6.42 Å². The third-order valence-electron chi connectivity index (χ3n) is 1.97. The Morgan fingerprint density at radius 3 is 1.80 bits per heavy atom. The third kappa shape index (κ3) is 2.61. The highest BCUT2D eigenvalue weighted by molar-refractivity contribution is 6.05.